The van der Waals surface area contributed by atoms with Gasteiger partial charge in [-0.2, -0.15) is 0 Å². The van der Waals surface area contributed by atoms with Crippen LogP contribution in [-0.4, -0.2) is 13.6 Å². The SMILES string of the molecule is CNCC1CC12CCCCCCC2. The van der Waals surface area contributed by atoms with E-state index in [0.717, 1.165) is 11.3 Å². The number of nitrogens with one attached hydrogen (secondary N) is 1. The minimum Gasteiger partial charge on any atom is -0.319 e. The Hall–Kier alpha value is -0.0400. The van der Waals surface area contributed by atoms with Gasteiger partial charge in [0.05, 0.1) is 0 Å². The molecule has 0 heterocycles. The van der Waals surface area contributed by atoms with E-state index in [1.54, 1.807) is 0 Å². The molecule has 76 valence electrons. The fraction of sp³-hybridized carbons (Fsp3) is 1.00. The first-order valence-electron chi connectivity index (χ1n) is 6.02. The van der Waals surface area contributed by atoms with Crippen LogP contribution in [0.25, 0.3) is 0 Å². The molecule has 0 aromatic heterocycles. The molecule has 0 amide bonds. The van der Waals surface area contributed by atoms with Crippen molar-refractivity contribution in [2.75, 3.05) is 13.6 Å². The van der Waals surface area contributed by atoms with Crippen LogP contribution in [0, 0.1) is 11.3 Å². The van der Waals surface area contributed by atoms with Gasteiger partial charge in [0.25, 0.3) is 0 Å². The van der Waals surface area contributed by atoms with Crippen molar-refractivity contribution in [2.45, 2.75) is 51.4 Å². The van der Waals surface area contributed by atoms with Gasteiger partial charge < -0.3 is 5.32 Å². The third-order valence-corrected chi connectivity index (χ3v) is 4.16. The molecular weight excluding hydrogens is 158 g/mol. The van der Waals surface area contributed by atoms with E-state index in [0.29, 0.717) is 0 Å². The second kappa shape index (κ2) is 4.00. The lowest BCUT2D eigenvalue weighted by Crippen LogP contribution is -2.16. The van der Waals surface area contributed by atoms with Crippen molar-refractivity contribution in [1.82, 2.24) is 5.32 Å². The lowest BCUT2D eigenvalue weighted by atomic mass is 9.86. The Morgan fingerprint density at radius 3 is 2.31 bits per heavy atom. The molecule has 1 N–H and O–H groups in total. The van der Waals surface area contributed by atoms with Crippen LogP contribution >= 0.6 is 0 Å². The first-order valence-corrected chi connectivity index (χ1v) is 6.02. The van der Waals surface area contributed by atoms with E-state index >= 15 is 0 Å². The Balaban J connectivity index is 1.83. The zero-order valence-corrected chi connectivity index (χ0v) is 8.94. The predicted octanol–water partition coefficient (Wildman–Crippen LogP) is 2.96. The number of hydrogen-bond donors (Lipinski definition) is 1. The molecule has 1 unspecified atom stereocenters. The highest BCUT2D eigenvalue weighted by atomic mass is 14.8. The van der Waals surface area contributed by atoms with Gasteiger partial charge in [-0.15, -0.1) is 0 Å². The van der Waals surface area contributed by atoms with Crippen molar-refractivity contribution >= 4 is 0 Å². The molecule has 2 aliphatic carbocycles. The molecule has 1 atom stereocenters. The standard InChI is InChI=1S/C12H23N/c1-13-10-11-9-12(11)7-5-3-2-4-6-8-12/h11,13H,2-10H2,1H3. The van der Waals surface area contributed by atoms with Crippen LogP contribution in [0.3, 0.4) is 0 Å². The fourth-order valence-corrected chi connectivity index (χ4v) is 3.19. The zero-order chi connectivity index (χ0) is 9.15. The van der Waals surface area contributed by atoms with E-state index in [-0.39, 0.29) is 0 Å². The Morgan fingerprint density at radius 2 is 1.69 bits per heavy atom. The van der Waals surface area contributed by atoms with Crippen molar-refractivity contribution in [3.63, 3.8) is 0 Å². The molecule has 2 saturated carbocycles. The summed E-state index contributed by atoms with van der Waals surface area (Å²) in [5.74, 6) is 1.02. The normalized spacial score (nSPS) is 32.5. The molecule has 0 aliphatic heterocycles. The summed E-state index contributed by atoms with van der Waals surface area (Å²) in [6.45, 7) is 1.26. The zero-order valence-electron chi connectivity index (χ0n) is 8.94. The predicted molar refractivity (Wildman–Crippen MR) is 56.8 cm³/mol. The minimum absolute atomic E-state index is 0.809. The molecule has 2 aliphatic rings. The quantitative estimate of drug-likeness (QED) is 0.690. The van der Waals surface area contributed by atoms with E-state index in [4.69, 9.17) is 0 Å². The molecule has 1 nitrogen and oxygen atoms in total. The van der Waals surface area contributed by atoms with Gasteiger partial charge in [-0.25, -0.2) is 0 Å². The lowest BCUT2D eigenvalue weighted by Gasteiger charge is -2.20. The van der Waals surface area contributed by atoms with Gasteiger partial charge >= 0.3 is 0 Å². The summed E-state index contributed by atoms with van der Waals surface area (Å²) in [4.78, 5) is 0. The monoisotopic (exact) mass is 181 g/mol. The molecular formula is C12H23N. The van der Waals surface area contributed by atoms with Crippen molar-refractivity contribution in [1.29, 1.82) is 0 Å². The highest BCUT2D eigenvalue weighted by Gasteiger charge is 2.51. The molecule has 2 fully saturated rings. The Kier molecular flexibility index (Phi) is 2.92. The number of hydrogen-bond acceptors (Lipinski definition) is 1. The maximum absolute atomic E-state index is 3.34. The van der Waals surface area contributed by atoms with Gasteiger partial charge in [0.15, 0.2) is 0 Å². The van der Waals surface area contributed by atoms with Crippen LogP contribution in [-0.2, 0) is 0 Å². The van der Waals surface area contributed by atoms with E-state index < -0.39 is 0 Å². The second-order valence-electron chi connectivity index (χ2n) is 5.09. The Labute approximate surface area is 82.3 Å². The van der Waals surface area contributed by atoms with Crippen LogP contribution in [0.4, 0.5) is 0 Å². The van der Waals surface area contributed by atoms with E-state index in [1.165, 1.54) is 57.9 Å². The van der Waals surface area contributed by atoms with Gasteiger partial charge in [-0.3, -0.25) is 0 Å². The van der Waals surface area contributed by atoms with Gasteiger partial charge in [-0.05, 0) is 44.2 Å². The summed E-state index contributed by atoms with van der Waals surface area (Å²) in [6.07, 6.45) is 12.1. The van der Waals surface area contributed by atoms with E-state index in [2.05, 4.69) is 12.4 Å². The third-order valence-electron chi connectivity index (χ3n) is 4.16. The van der Waals surface area contributed by atoms with E-state index in [1.807, 2.05) is 0 Å². The van der Waals surface area contributed by atoms with Crippen molar-refractivity contribution in [2.24, 2.45) is 11.3 Å². The molecule has 1 heteroatoms. The smallest absolute Gasteiger partial charge is 0.00180 e. The molecule has 2 rings (SSSR count). The van der Waals surface area contributed by atoms with Crippen LogP contribution in [0.15, 0.2) is 0 Å². The minimum atomic E-state index is 0.809. The van der Waals surface area contributed by atoms with Crippen LogP contribution < -0.4 is 5.32 Å². The average molecular weight is 181 g/mol. The molecule has 0 aromatic carbocycles. The van der Waals surface area contributed by atoms with Crippen LogP contribution in [0.1, 0.15) is 51.4 Å². The topological polar surface area (TPSA) is 12.0 Å². The summed E-state index contributed by atoms with van der Waals surface area (Å²) >= 11 is 0. The summed E-state index contributed by atoms with van der Waals surface area (Å²) < 4.78 is 0. The maximum atomic E-state index is 3.34. The highest BCUT2D eigenvalue weighted by molar-refractivity contribution is 5.02. The first-order chi connectivity index (χ1) is 6.37. The Bertz CT molecular complexity index is 157. The highest BCUT2D eigenvalue weighted by Crippen LogP contribution is 2.59. The van der Waals surface area contributed by atoms with Crippen molar-refractivity contribution < 1.29 is 0 Å². The Morgan fingerprint density at radius 1 is 1.08 bits per heavy atom. The van der Waals surface area contributed by atoms with Crippen LogP contribution in [0.2, 0.25) is 0 Å². The van der Waals surface area contributed by atoms with Crippen LogP contribution in [0.5, 0.6) is 0 Å². The van der Waals surface area contributed by atoms with Crippen molar-refractivity contribution in [3.05, 3.63) is 0 Å². The third kappa shape index (κ3) is 2.07. The molecule has 13 heavy (non-hydrogen) atoms. The maximum Gasteiger partial charge on any atom is -0.00180 e. The molecule has 1 spiro atoms. The average Bonchev–Trinajstić information content (AvgIpc) is 2.74. The van der Waals surface area contributed by atoms with Gasteiger partial charge in [-0.1, -0.05) is 32.1 Å². The largest absolute Gasteiger partial charge is 0.319 e. The van der Waals surface area contributed by atoms with Crippen molar-refractivity contribution in [3.8, 4) is 0 Å². The molecule has 0 radical (unpaired) electrons. The summed E-state index contributed by atoms with van der Waals surface area (Å²) in [6, 6.07) is 0. The molecule has 0 bridgehead atoms. The fourth-order valence-electron chi connectivity index (χ4n) is 3.19. The summed E-state index contributed by atoms with van der Waals surface area (Å²) in [5, 5.41) is 3.34. The molecule has 0 aromatic rings. The summed E-state index contributed by atoms with van der Waals surface area (Å²) in [5.41, 5.74) is 0.809. The lowest BCUT2D eigenvalue weighted by molar-refractivity contribution is 0.327. The van der Waals surface area contributed by atoms with Gasteiger partial charge in [0.1, 0.15) is 0 Å². The summed E-state index contributed by atoms with van der Waals surface area (Å²) in [7, 11) is 2.09. The van der Waals surface area contributed by atoms with E-state index in [9.17, 15) is 0 Å². The van der Waals surface area contributed by atoms with Gasteiger partial charge in [0.2, 0.25) is 0 Å². The van der Waals surface area contributed by atoms with Gasteiger partial charge in [0, 0.05) is 0 Å². The first kappa shape index (κ1) is 9.51. The second-order valence-corrected chi connectivity index (χ2v) is 5.09. The number of rotatable bonds is 2. The molecule has 0 saturated heterocycles.